The van der Waals surface area contributed by atoms with Crippen LogP contribution in [0.3, 0.4) is 0 Å². The third kappa shape index (κ3) is 4.89. The zero-order valence-corrected chi connectivity index (χ0v) is 17.4. The first kappa shape index (κ1) is 20.1. The first-order chi connectivity index (χ1) is 13.9. The van der Waals surface area contributed by atoms with Gasteiger partial charge in [-0.1, -0.05) is 6.07 Å². The highest BCUT2D eigenvalue weighted by Crippen LogP contribution is 2.34. The largest absolute Gasteiger partial charge is 0.475 e. The minimum absolute atomic E-state index is 0.101. The number of hydrogen-bond acceptors (Lipinski definition) is 6. The van der Waals surface area contributed by atoms with Crippen LogP contribution < -0.4 is 10.5 Å². The van der Waals surface area contributed by atoms with Crippen molar-refractivity contribution in [2.45, 2.75) is 51.4 Å². The number of nitrogens with two attached hydrogens (primary N) is 1. The fourth-order valence-electron chi connectivity index (χ4n) is 3.93. The smallest absolute Gasteiger partial charge is 0.214 e. The Morgan fingerprint density at radius 3 is 2.69 bits per heavy atom. The highest BCUT2D eigenvalue weighted by Gasteiger charge is 2.33. The van der Waals surface area contributed by atoms with E-state index in [-0.39, 0.29) is 6.10 Å². The van der Waals surface area contributed by atoms with Gasteiger partial charge in [-0.3, -0.25) is 0 Å². The molecule has 29 heavy (non-hydrogen) atoms. The van der Waals surface area contributed by atoms with Crippen molar-refractivity contribution in [3.8, 4) is 17.0 Å². The molecule has 3 heterocycles. The standard InChI is InChI=1S/C23H30N2O4/c1-15-4-5-18(24)12-20(15)17-10-21(16-6-8-26-9-7-16)25-22(11-17)27-13-19-14-28-23(2,3)29-19/h4-5,10-12,16,19H,6-9,13-14,24H2,1-3H3/t19-/m0/s1. The van der Waals surface area contributed by atoms with Crippen LogP contribution in [0.15, 0.2) is 30.3 Å². The Bertz CT molecular complexity index is 862. The summed E-state index contributed by atoms with van der Waals surface area (Å²) in [4.78, 5) is 4.83. The fourth-order valence-corrected chi connectivity index (χ4v) is 3.93. The highest BCUT2D eigenvalue weighted by molar-refractivity contribution is 5.72. The maximum Gasteiger partial charge on any atom is 0.214 e. The summed E-state index contributed by atoms with van der Waals surface area (Å²) in [6.45, 7) is 8.39. The lowest BCUT2D eigenvalue weighted by molar-refractivity contribution is -0.141. The number of nitrogen functional groups attached to an aromatic ring is 1. The molecule has 0 aliphatic carbocycles. The molecule has 6 heteroatoms. The predicted octanol–water partition coefficient (Wildman–Crippen LogP) is 4.06. The van der Waals surface area contributed by atoms with Gasteiger partial charge in [0.2, 0.25) is 5.88 Å². The van der Waals surface area contributed by atoms with Crippen molar-refractivity contribution in [1.82, 2.24) is 4.98 Å². The van der Waals surface area contributed by atoms with Crippen LogP contribution in [-0.4, -0.2) is 43.3 Å². The monoisotopic (exact) mass is 398 g/mol. The Hall–Kier alpha value is -2.15. The summed E-state index contributed by atoms with van der Waals surface area (Å²) < 4.78 is 23.1. The van der Waals surface area contributed by atoms with Crippen LogP contribution in [0.2, 0.25) is 0 Å². The zero-order valence-electron chi connectivity index (χ0n) is 17.4. The third-order valence-corrected chi connectivity index (χ3v) is 5.52. The molecule has 2 N–H and O–H groups in total. The summed E-state index contributed by atoms with van der Waals surface area (Å²) in [5.74, 6) is 0.423. The van der Waals surface area contributed by atoms with Gasteiger partial charge in [-0.2, -0.15) is 0 Å². The first-order valence-corrected chi connectivity index (χ1v) is 10.3. The van der Waals surface area contributed by atoms with E-state index >= 15 is 0 Å². The fraction of sp³-hybridized carbons (Fsp3) is 0.522. The molecule has 1 atom stereocenters. The van der Waals surface area contributed by atoms with Crippen LogP contribution in [0, 0.1) is 6.92 Å². The molecule has 1 aromatic heterocycles. The summed E-state index contributed by atoms with van der Waals surface area (Å²) >= 11 is 0. The molecular weight excluding hydrogens is 368 g/mol. The number of ether oxygens (including phenoxy) is 4. The summed E-state index contributed by atoms with van der Waals surface area (Å²) in [6.07, 6.45) is 1.84. The highest BCUT2D eigenvalue weighted by atomic mass is 16.7. The van der Waals surface area contributed by atoms with E-state index in [0.717, 1.165) is 48.6 Å². The molecule has 4 rings (SSSR count). The summed E-state index contributed by atoms with van der Waals surface area (Å²) in [5.41, 5.74) is 11.2. The topological polar surface area (TPSA) is 75.8 Å². The van der Waals surface area contributed by atoms with Crippen LogP contribution in [0.1, 0.15) is 43.9 Å². The van der Waals surface area contributed by atoms with Gasteiger partial charge in [0, 0.05) is 36.6 Å². The van der Waals surface area contributed by atoms with Gasteiger partial charge in [-0.15, -0.1) is 0 Å². The van der Waals surface area contributed by atoms with Gasteiger partial charge in [0.05, 0.1) is 6.61 Å². The van der Waals surface area contributed by atoms with Crippen molar-refractivity contribution in [3.63, 3.8) is 0 Å². The second-order valence-corrected chi connectivity index (χ2v) is 8.34. The van der Waals surface area contributed by atoms with Gasteiger partial charge in [0.25, 0.3) is 0 Å². The van der Waals surface area contributed by atoms with Gasteiger partial charge in [0.15, 0.2) is 5.79 Å². The number of aromatic nitrogens is 1. The van der Waals surface area contributed by atoms with Crippen molar-refractivity contribution in [2.24, 2.45) is 0 Å². The Labute approximate surface area is 172 Å². The molecular formula is C23H30N2O4. The number of benzene rings is 1. The van der Waals surface area contributed by atoms with E-state index in [0.29, 0.717) is 25.0 Å². The van der Waals surface area contributed by atoms with Crippen LogP contribution in [0.25, 0.3) is 11.1 Å². The van der Waals surface area contributed by atoms with Crippen LogP contribution in [-0.2, 0) is 14.2 Å². The minimum atomic E-state index is -0.560. The molecule has 0 bridgehead atoms. The van der Waals surface area contributed by atoms with E-state index in [2.05, 4.69) is 13.0 Å². The molecule has 2 saturated heterocycles. The minimum Gasteiger partial charge on any atom is -0.475 e. The van der Waals surface area contributed by atoms with Crippen molar-refractivity contribution in [3.05, 3.63) is 41.6 Å². The molecule has 2 fully saturated rings. The third-order valence-electron chi connectivity index (χ3n) is 5.52. The normalized spacial score (nSPS) is 22.0. The van der Waals surface area contributed by atoms with Crippen molar-refractivity contribution >= 4 is 5.69 Å². The van der Waals surface area contributed by atoms with E-state index in [1.807, 2.05) is 38.1 Å². The van der Waals surface area contributed by atoms with Crippen molar-refractivity contribution < 1.29 is 18.9 Å². The molecule has 1 aromatic carbocycles. The summed E-state index contributed by atoms with van der Waals surface area (Å²) in [5, 5.41) is 0. The Balaban J connectivity index is 1.62. The van der Waals surface area contributed by atoms with Crippen LogP contribution in [0.4, 0.5) is 5.69 Å². The van der Waals surface area contributed by atoms with Crippen molar-refractivity contribution in [2.75, 3.05) is 32.2 Å². The molecule has 0 unspecified atom stereocenters. The Morgan fingerprint density at radius 2 is 1.97 bits per heavy atom. The second-order valence-electron chi connectivity index (χ2n) is 8.34. The number of rotatable bonds is 5. The van der Waals surface area contributed by atoms with Gasteiger partial charge in [-0.25, -0.2) is 4.98 Å². The van der Waals surface area contributed by atoms with Gasteiger partial charge < -0.3 is 24.7 Å². The lowest BCUT2D eigenvalue weighted by atomic mass is 9.93. The molecule has 0 radical (unpaired) electrons. The average Bonchev–Trinajstić information content (AvgIpc) is 3.07. The van der Waals surface area contributed by atoms with Gasteiger partial charge >= 0.3 is 0 Å². The molecule has 0 saturated carbocycles. The number of pyridine rings is 1. The van der Waals surface area contributed by atoms with Crippen LogP contribution in [0.5, 0.6) is 5.88 Å². The zero-order chi connectivity index (χ0) is 20.4. The Kier molecular flexibility index (Phi) is 5.76. The molecule has 6 nitrogen and oxygen atoms in total. The first-order valence-electron chi connectivity index (χ1n) is 10.3. The number of hydrogen-bond donors (Lipinski definition) is 1. The average molecular weight is 399 g/mol. The van der Waals surface area contributed by atoms with E-state index in [1.54, 1.807) is 0 Å². The SMILES string of the molecule is Cc1ccc(N)cc1-c1cc(OC[C@H]2COC(C)(C)O2)nc(C2CCOCC2)c1. The van der Waals surface area contributed by atoms with Gasteiger partial charge in [-0.05, 0) is 68.5 Å². The molecule has 2 aromatic rings. The molecule has 2 aliphatic rings. The van der Waals surface area contributed by atoms with Crippen LogP contribution >= 0.6 is 0 Å². The van der Waals surface area contributed by atoms with E-state index in [1.165, 1.54) is 5.56 Å². The van der Waals surface area contributed by atoms with E-state index in [9.17, 15) is 0 Å². The Morgan fingerprint density at radius 1 is 1.17 bits per heavy atom. The van der Waals surface area contributed by atoms with E-state index < -0.39 is 5.79 Å². The quantitative estimate of drug-likeness (QED) is 0.766. The number of aryl methyl sites for hydroxylation is 1. The van der Waals surface area contributed by atoms with Gasteiger partial charge in [0.1, 0.15) is 12.7 Å². The maximum atomic E-state index is 6.07. The molecule has 2 aliphatic heterocycles. The molecule has 156 valence electrons. The lowest BCUT2D eigenvalue weighted by Gasteiger charge is -2.23. The summed E-state index contributed by atoms with van der Waals surface area (Å²) in [7, 11) is 0. The number of nitrogens with zero attached hydrogens (tertiary/aromatic N) is 1. The van der Waals surface area contributed by atoms with E-state index in [4.69, 9.17) is 29.7 Å². The maximum absolute atomic E-state index is 6.07. The second kappa shape index (κ2) is 8.30. The number of anilines is 1. The lowest BCUT2D eigenvalue weighted by Crippen LogP contribution is -2.25. The summed E-state index contributed by atoms with van der Waals surface area (Å²) in [6, 6.07) is 10.1. The molecule has 0 spiro atoms. The predicted molar refractivity (Wildman–Crippen MR) is 112 cm³/mol. The molecule has 0 amide bonds. The van der Waals surface area contributed by atoms with Crippen molar-refractivity contribution in [1.29, 1.82) is 0 Å².